The zero-order valence-electron chi connectivity index (χ0n) is 10.8. The summed E-state index contributed by atoms with van der Waals surface area (Å²) >= 11 is 0. The first-order chi connectivity index (χ1) is 7.02. The van der Waals surface area contributed by atoms with E-state index in [0.29, 0.717) is 5.54 Å². The van der Waals surface area contributed by atoms with E-state index in [-0.39, 0.29) is 0 Å². The average molecular weight is 213 g/mol. The summed E-state index contributed by atoms with van der Waals surface area (Å²) in [5.41, 5.74) is 0.321. The molecule has 15 heavy (non-hydrogen) atoms. The van der Waals surface area contributed by atoms with Crippen molar-refractivity contribution in [2.45, 2.75) is 52.5 Å². The van der Waals surface area contributed by atoms with Gasteiger partial charge in [-0.2, -0.15) is 0 Å². The summed E-state index contributed by atoms with van der Waals surface area (Å²) in [5.74, 6) is 1.65. The fraction of sp³-hybridized carbons (Fsp3) is 1.00. The lowest BCUT2D eigenvalue weighted by Gasteiger charge is -2.26. The van der Waals surface area contributed by atoms with E-state index in [1.165, 1.54) is 19.3 Å². The minimum atomic E-state index is 0.321. The van der Waals surface area contributed by atoms with Crippen LogP contribution in [-0.2, 0) is 4.74 Å². The summed E-state index contributed by atoms with van der Waals surface area (Å²) in [6.07, 6.45) is 3.97. The van der Waals surface area contributed by atoms with Crippen molar-refractivity contribution < 1.29 is 4.74 Å². The smallest absolute Gasteiger partial charge is 0.0591 e. The molecule has 1 rings (SSSR count). The zero-order valence-corrected chi connectivity index (χ0v) is 10.8. The maximum Gasteiger partial charge on any atom is 0.0591 e. The minimum absolute atomic E-state index is 0.321. The van der Waals surface area contributed by atoms with Crippen LogP contribution in [0.2, 0.25) is 0 Å². The largest absolute Gasteiger partial charge is 0.380 e. The van der Waals surface area contributed by atoms with E-state index in [9.17, 15) is 0 Å². The van der Waals surface area contributed by atoms with Crippen LogP contribution in [0.25, 0.3) is 0 Å². The van der Waals surface area contributed by atoms with Gasteiger partial charge in [-0.1, -0.05) is 13.8 Å². The third kappa shape index (κ3) is 5.53. The molecule has 0 bridgehead atoms. The first-order valence-corrected chi connectivity index (χ1v) is 6.35. The van der Waals surface area contributed by atoms with Crippen molar-refractivity contribution in [2.75, 3.05) is 19.8 Å². The van der Waals surface area contributed by atoms with Gasteiger partial charge in [0.15, 0.2) is 0 Å². The summed E-state index contributed by atoms with van der Waals surface area (Å²) in [4.78, 5) is 0. The molecule has 0 saturated heterocycles. The molecular formula is C13H27NO. The van der Waals surface area contributed by atoms with Crippen molar-refractivity contribution in [3.8, 4) is 0 Å². The van der Waals surface area contributed by atoms with Crippen molar-refractivity contribution in [1.82, 2.24) is 5.32 Å². The quantitative estimate of drug-likeness (QED) is 0.626. The lowest BCUT2D eigenvalue weighted by Crippen LogP contribution is -2.43. The van der Waals surface area contributed by atoms with Gasteiger partial charge < -0.3 is 10.1 Å². The second-order valence-corrected chi connectivity index (χ2v) is 5.72. The Kier molecular flexibility index (Phi) is 5.07. The van der Waals surface area contributed by atoms with Gasteiger partial charge in [0, 0.05) is 18.7 Å². The maximum absolute atomic E-state index is 5.58. The Morgan fingerprint density at radius 1 is 1.27 bits per heavy atom. The van der Waals surface area contributed by atoms with Crippen molar-refractivity contribution >= 4 is 0 Å². The molecule has 2 heteroatoms. The summed E-state index contributed by atoms with van der Waals surface area (Å²) in [6.45, 7) is 11.8. The molecule has 1 aliphatic carbocycles. The van der Waals surface area contributed by atoms with Crippen LogP contribution in [0.5, 0.6) is 0 Å². The highest BCUT2D eigenvalue weighted by atomic mass is 16.5. The Labute approximate surface area is 94.8 Å². The van der Waals surface area contributed by atoms with Crippen LogP contribution in [0.4, 0.5) is 0 Å². The van der Waals surface area contributed by atoms with Gasteiger partial charge in [0.25, 0.3) is 0 Å². The van der Waals surface area contributed by atoms with E-state index in [2.05, 4.69) is 33.0 Å². The molecule has 1 saturated carbocycles. The molecule has 0 aromatic heterocycles. The lowest BCUT2D eigenvalue weighted by molar-refractivity contribution is 0.118. The summed E-state index contributed by atoms with van der Waals surface area (Å²) in [7, 11) is 0. The molecule has 0 radical (unpaired) electrons. The van der Waals surface area contributed by atoms with Gasteiger partial charge in [-0.25, -0.2) is 0 Å². The van der Waals surface area contributed by atoms with Crippen LogP contribution in [0.3, 0.4) is 0 Å². The van der Waals surface area contributed by atoms with Gasteiger partial charge in [0.05, 0.1) is 6.61 Å². The van der Waals surface area contributed by atoms with E-state index in [0.717, 1.165) is 31.6 Å². The van der Waals surface area contributed by atoms with E-state index in [4.69, 9.17) is 4.74 Å². The van der Waals surface area contributed by atoms with Crippen molar-refractivity contribution in [1.29, 1.82) is 0 Å². The summed E-state index contributed by atoms with van der Waals surface area (Å²) in [6, 6.07) is 0. The SMILES string of the molecule is CC(C)CCOCCNC(C)(C)C1CC1. The molecule has 2 nitrogen and oxygen atoms in total. The second kappa shape index (κ2) is 5.86. The molecule has 1 N–H and O–H groups in total. The molecular weight excluding hydrogens is 186 g/mol. The molecule has 0 amide bonds. The van der Waals surface area contributed by atoms with Gasteiger partial charge >= 0.3 is 0 Å². The fourth-order valence-corrected chi connectivity index (χ4v) is 1.82. The molecule has 1 fully saturated rings. The summed E-state index contributed by atoms with van der Waals surface area (Å²) in [5, 5.41) is 3.58. The Morgan fingerprint density at radius 2 is 1.93 bits per heavy atom. The van der Waals surface area contributed by atoms with E-state index < -0.39 is 0 Å². The fourth-order valence-electron chi connectivity index (χ4n) is 1.82. The number of ether oxygens (including phenoxy) is 1. The zero-order chi connectivity index (χ0) is 11.3. The average Bonchev–Trinajstić information content (AvgIpc) is 2.93. The Balaban J connectivity index is 1.92. The molecule has 0 aliphatic heterocycles. The molecule has 0 aromatic carbocycles. The molecule has 0 heterocycles. The maximum atomic E-state index is 5.58. The normalized spacial score (nSPS) is 17.4. The van der Waals surface area contributed by atoms with Crippen LogP contribution in [0.1, 0.15) is 47.0 Å². The number of hydrogen-bond donors (Lipinski definition) is 1. The Hall–Kier alpha value is -0.0800. The van der Waals surface area contributed by atoms with E-state index in [1.807, 2.05) is 0 Å². The highest BCUT2D eigenvalue weighted by Crippen LogP contribution is 2.38. The van der Waals surface area contributed by atoms with Crippen LogP contribution < -0.4 is 5.32 Å². The van der Waals surface area contributed by atoms with Crippen LogP contribution in [0.15, 0.2) is 0 Å². The molecule has 0 aromatic rings. The highest BCUT2D eigenvalue weighted by molar-refractivity contribution is 4.94. The number of rotatable bonds is 8. The third-order valence-corrected chi connectivity index (χ3v) is 3.26. The Bertz CT molecular complexity index is 173. The van der Waals surface area contributed by atoms with Crippen molar-refractivity contribution in [3.05, 3.63) is 0 Å². The third-order valence-electron chi connectivity index (χ3n) is 3.26. The van der Waals surface area contributed by atoms with Gasteiger partial charge in [0.2, 0.25) is 0 Å². The standard InChI is InChI=1S/C13H27NO/c1-11(2)7-9-15-10-8-14-13(3,4)12-5-6-12/h11-12,14H,5-10H2,1-4H3. The minimum Gasteiger partial charge on any atom is -0.380 e. The molecule has 0 spiro atoms. The van der Waals surface area contributed by atoms with Crippen molar-refractivity contribution in [2.24, 2.45) is 11.8 Å². The van der Waals surface area contributed by atoms with Gasteiger partial charge in [-0.15, -0.1) is 0 Å². The predicted molar refractivity (Wildman–Crippen MR) is 65.1 cm³/mol. The van der Waals surface area contributed by atoms with E-state index >= 15 is 0 Å². The number of hydrogen-bond acceptors (Lipinski definition) is 2. The van der Waals surface area contributed by atoms with Crippen molar-refractivity contribution in [3.63, 3.8) is 0 Å². The van der Waals surface area contributed by atoms with E-state index in [1.54, 1.807) is 0 Å². The molecule has 1 aliphatic rings. The topological polar surface area (TPSA) is 21.3 Å². The summed E-state index contributed by atoms with van der Waals surface area (Å²) < 4.78 is 5.58. The first-order valence-electron chi connectivity index (χ1n) is 6.35. The predicted octanol–water partition coefficient (Wildman–Crippen LogP) is 2.83. The molecule has 0 atom stereocenters. The molecule has 0 unspecified atom stereocenters. The van der Waals surface area contributed by atoms with Gasteiger partial charge in [0.1, 0.15) is 0 Å². The van der Waals surface area contributed by atoms with Crippen LogP contribution >= 0.6 is 0 Å². The molecule has 90 valence electrons. The monoisotopic (exact) mass is 213 g/mol. The van der Waals surface area contributed by atoms with Gasteiger partial charge in [-0.3, -0.25) is 0 Å². The number of nitrogens with one attached hydrogen (secondary N) is 1. The second-order valence-electron chi connectivity index (χ2n) is 5.72. The highest BCUT2D eigenvalue weighted by Gasteiger charge is 2.36. The Morgan fingerprint density at radius 3 is 2.47 bits per heavy atom. The van der Waals surface area contributed by atoms with Gasteiger partial charge in [-0.05, 0) is 44.9 Å². The van der Waals surface area contributed by atoms with Crippen LogP contribution in [-0.4, -0.2) is 25.3 Å². The lowest BCUT2D eigenvalue weighted by atomic mass is 9.99. The first kappa shape index (κ1) is 13.0. The van der Waals surface area contributed by atoms with Crippen LogP contribution in [0, 0.1) is 11.8 Å².